The maximum atomic E-state index is 11.9. The van der Waals surface area contributed by atoms with Gasteiger partial charge in [0.1, 0.15) is 12.2 Å². The normalized spacial score (nSPS) is 15.8. The third-order valence-electron chi connectivity index (χ3n) is 2.30. The number of carbonyl (C=O) groups is 1. The van der Waals surface area contributed by atoms with E-state index in [4.69, 9.17) is 9.47 Å². The van der Waals surface area contributed by atoms with Crippen molar-refractivity contribution in [2.75, 3.05) is 13.2 Å². The summed E-state index contributed by atoms with van der Waals surface area (Å²) in [6, 6.07) is 0. The molecule has 1 aromatic heterocycles. The number of nitrogens with zero attached hydrogens (tertiary/aromatic N) is 2. The highest BCUT2D eigenvalue weighted by atomic mass is 16.6. The Morgan fingerprint density at radius 1 is 1.59 bits per heavy atom. The quantitative estimate of drug-likeness (QED) is 0.745. The fraction of sp³-hybridized carbons (Fsp3) is 0.636. The van der Waals surface area contributed by atoms with Crippen LogP contribution in [0, 0.1) is 0 Å². The lowest BCUT2D eigenvalue weighted by Gasteiger charge is -2.25. The molecule has 0 bridgehead atoms. The third-order valence-corrected chi connectivity index (χ3v) is 2.30. The minimum Gasteiger partial charge on any atom is -0.476 e. The number of ether oxygens (including phenoxy) is 2. The Morgan fingerprint density at radius 2 is 2.35 bits per heavy atom. The van der Waals surface area contributed by atoms with Crippen molar-refractivity contribution in [2.24, 2.45) is 0 Å². The largest absolute Gasteiger partial charge is 0.476 e. The van der Waals surface area contributed by atoms with Gasteiger partial charge in [-0.2, -0.15) is 5.10 Å². The molecule has 17 heavy (non-hydrogen) atoms. The molecule has 0 fully saturated rings. The van der Waals surface area contributed by atoms with E-state index in [1.807, 2.05) is 20.8 Å². The second-order valence-electron chi connectivity index (χ2n) is 4.97. The molecular formula is C11H17N3O3. The van der Waals surface area contributed by atoms with Crippen LogP contribution in [-0.2, 0) is 11.3 Å². The van der Waals surface area contributed by atoms with Crippen molar-refractivity contribution in [3.8, 4) is 5.88 Å². The first-order valence-electron chi connectivity index (χ1n) is 5.59. The van der Waals surface area contributed by atoms with Gasteiger partial charge in [-0.25, -0.2) is 9.89 Å². The highest BCUT2D eigenvalue weighted by Crippen LogP contribution is 2.20. The first-order valence-corrected chi connectivity index (χ1v) is 5.59. The lowest BCUT2D eigenvalue weighted by atomic mass is 10.2. The second kappa shape index (κ2) is 4.27. The Hall–Kier alpha value is -1.72. The molecule has 2 heterocycles. The average Bonchev–Trinajstić information content (AvgIpc) is 2.53. The number of amides is 1. The molecule has 1 N–H and O–H groups in total. The van der Waals surface area contributed by atoms with Gasteiger partial charge >= 0.3 is 6.09 Å². The highest BCUT2D eigenvalue weighted by molar-refractivity contribution is 5.68. The topological polar surface area (TPSA) is 67.4 Å². The van der Waals surface area contributed by atoms with Crippen LogP contribution < -0.4 is 4.74 Å². The predicted molar refractivity (Wildman–Crippen MR) is 60.7 cm³/mol. The summed E-state index contributed by atoms with van der Waals surface area (Å²) in [5.41, 5.74) is 0.386. The van der Waals surface area contributed by atoms with Crippen LogP contribution in [-0.4, -0.2) is 39.9 Å². The molecule has 0 atom stereocenters. The lowest BCUT2D eigenvalue weighted by molar-refractivity contribution is 0.0225. The van der Waals surface area contributed by atoms with Crippen LogP contribution in [0.3, 0.4) is 0 Å². The molecule has 1 aliphatic rings. The van der Waals surface area contributed by atoms with Crippen LogP contribution in [0.2, 0.25) is 0 Å². The van der Waals surface area contributed by atoms with Crippen molar-refractivity contribution in [1.29, 1.82) is 0 Å². The van der Waals surface area contributed by atoms with Gasteiger partial charge in [-0.05, 0) is 20.8 Å². The van der Waals surface area contributed by atoms with Gasteiger partial charge in [0, 0.05) is 0 Å². The van der Waals surface area contributed by atoms with Gasteiger partial charge in [0.15, 0.2) is 0 Å². The van der Waals surface area contributed by atoms with Gasteiger partial charge in [0.2, 0.25) is 5.88 Å². The number of H-pyrrole nitrogens is 1. The van der Waals surface area contributed by atoms with E-state index in [2.05, 4.69) is 10.2 Å². The Kier molecular flexibility index (Phi) is 2.95. The summed E-state index contributed by atoms with van der Waals surface area (Å²) in [5, 5.41) is 6.64. The smallest absolute Gasteiger partial charge is 0.410 e. The number of aromatic amines is 1. The molecule has 0 aromatic carbocycles. The van der Waals surface area contributed by atoms with Crippen LogP contribution in [0.5, 0.6) is 5.88 Å². The Balaban J connectivity index is 2.06. The zero-order valence-electron chi connectivity index (χ0n) is 10.3. The molecule has 0 saturated heterocycles. The van der Waals surface area contributed by atoms with Crippen LogP contribution in [0.15, 0.2) is 6.20 Å². The molecule has 0 saturated carbocycles. The van der Waals surface area contributed by atoms with E-state index in [0.29, 0.717) is 25.6 Å². The van der Waals surface area contributed by atoms with E-state index >= 15 is 0 Å². The number of hydrogen-bond donors (Lipinski definition) is 1. The molecule has 1 aromatic rings. The van der Waals surface area contributed by atoms with Crippen molar-refractivity contribution in [3.05, 3.63) is 11.8 Å². The first kappa shape index (κ1) is 11.8. The molecule has 0 radical (unpaired) electrons. The van der Waals surface area contributed by atoms with Gasteiger partial charge in [-0.3, -0.25) is 0 Å². The number of rotatable bonds is 0. The minimum absolute atomic E-state index is 0.324. The van der Waals surface area contributed by atoms with Crippen LogP contribution in [0.1, 0.15) is 26.3 Å². The third kappa shape index (κ3) is 2.89. The molecule has 0 aliphatic carbocycles. The summed E-state index contributed by atoms with van der Waals surface area (Å²) in [6.07, 6.45) is 1.34. The van der Waals surface area contributed by atoms with Crippen molar-refractivity contribution < 1.29 is 14.3 Å². The van der Waals surface area contributed by atoms with Crippen LogP contribution in [0.4, 0.5) is 4.79 Å². The van der Waals surface area contributed by atoms with Crippen LogP contribution in [0.25, 0.3) is 0 Å². The first-order chi connectivity index (χ1) is 7.96. The van der Waals surface area contributed by atoms with E-state index in [9.17, 15) is 4.79 Å². The summed E-state index contributed by atoms with van der Waals surface area (Å²) in [4.78, 5) is 13.5. The van der Waals surface area contributed by atoms with E-state index in [0.717, 1.165) is 5.56 Å². The summed E-state index contributed by atoms with van der Waals surface area (Å²) in [5.74, 6) is 0.635. The summed E-state index contributed by atoms with van der Waals surface area (Å²) in [6.45, 7) is 6.96. The average molecular weight is 239 g/mol. The molecule has 0 spiro atoms. The molecule has 2 rings (SSSR count). The van der Waals surface area contributed by atoms with Crippen molar-refractivity contribution in [3.63, 3.8) is 0 Å². The van der Waals surface area contributed by atoms with Crippen molar-refractivity contribution in [2.45, 2.75) is 32.9 Å². The fourth-order valence-corrected chi connectivity index (χ4v) is 1.56. The van der Waals surface area contributed by atoms with Crippen molar-refractivity contribution in [1.82, 2.24) is 15.1 Å². The van der Waals surface area contributed by atoms with E-state index < -0.39 is 5.60 Å². The number of carbonyl (C=O) groups excluding carboxylic acids is 1. The molecule has 6 heteroatoms. The monoisotopic (exact) mass is 239 g/mol. The summed E-state index contributed by atoms with van der Waals surface area (Å²) >= 11 is 0. The molecule has 6 nitrogen and oxygen atoms in total. The van der Waals surface area contributed by atoms with Gasteiger partial charge in [0.25, 0.3) is 0 Å². The minimum atomic E-state index is -0.483. The maximum absolute atomic E-state index is 11.9. The summed E-state index contributed by atoms with van der Waals surface area (Å²) in [7, 11) is 0. The Labute approximate surface area is 99.9 Å². The van der Waals surface area contributed by atoms with Gasteiger partial charge in [-0.15, -0.1) is 0 Å². The maximum Gasteiger partial charge on any atom is 0.410 e. The van der Waals surface area contributed by atoms with Crippen LogP contribution >= 0.6 is 0 Å². The number of aromatic nitrogens is 2. The highest BCUT2D eigenvalue weighted by Gasteiger charge is 2.25. The molecule has 94 valence electrons. The standard InChI is InChI=1S/C11H17N3O3/c1-11(2,3)17-10(15)14-4-5-16-9-8(7-14)6-12-13-9/h6H,4-5,7H2,1-3H3,(H,12,13). The lowest BCUT2D eigenvalue weighted by Crippen LogP contribution is -2.37. The van der Waals surface area contributed by atoms with Gasteiger partial charge in [-0.1, -0.05) is 0 Å². The number of nitrogens with one attached hydrogen (secondary N) is 1. The predicted octanol–water partition coefficient (Wildman–Crippen LogP) is 1.54. The Morgan fingerprint density at radius 3 is 3.06 bits per heavy atom. The van der Waals surface area contributed by atoms with Gasteiger partial charge in [0.05, 0.1) is 24.8 Å². The van der Waals surface area contributed by atoms with Gasteiger partial charge < -0.3 is 14.4 Å². The molecule has 0 unspecified atom stereocenters. The number of hydrogen-bond acceptors (Lipinski definition) is 4. The van der Waals surface area contributed by atoms with E-state index in [1.165, 1.54) is 0 Å². The van der Waals surface area contributed by atoms with Crippen molar-refractivity contribution >= 4 is 6.09 Å². The zero-order chi connectivity index (χ0) is 12.5. The Bertz CT molecular complexity index is 408. The van der Waals surface area contributed by atoms with E-state index in [-0.39, 0.29) is 6.09 Å². The summed E-state index contributed by atoms with van der Waals surface area (Å²) < 4.78 is 10.8. The number of fused-ring (bicyclic) bond motifs is 1. The molecule has 1 amide bonds. The SMILES string of the molecule is CC(C)(C)OC(=O)N1CCOc2[nH]ncc2C1. The fourth-order valence-electron chi connectivity index (χ4n) is 1.56. The van der Waals surface area contributed by atoms with E-state index in [1.54, 1.807) is 11.1 Å². The second-order valence-corrected chi connectivity index (χ2v) is 4.97. The zero-order valence-corrected chi connectivity index (χ0v) is 10.3. The molecule has 1 aliphatic heterocycles. The molecular weight excluding hydrogens is 222 g/mol.